The molecule has 0 radical (unpaired) electrons. The summed E-state index contributed by atoms with van der Waals surface area (Å²) >= 11 is 3.80. The summed E-state index contributed by atoms with van der Waals surface area (Å²) in [7, 11) is -2.34. The molecule has 0 aliphatic carbocycles. The third-order valence-electron chi connectivity index (χ3n) is 4.43. The second-order valence-corrected chi connectivity index (χ2v) is 12.7. The number of ether oxygens (including phenoxy) is 1. The third kappa shape index (κ3) is 5.17. The molecule has 1 atom stereocenters. The Kier molecular flexibility index (Phi) is 8.22. The Morgan fingerprint density at radius 1 is 0.759 bits per heavy atom. The van der Waals surface area contributed by atoms with Crippen molar-refractivity contribution >= 4 is 45.1 Å². The number of carbonyl (C=O) groups excluding carboxylic acids is 1. The zero-order valence-electron chi connectivity index (χ0n) is 16.8. The van der Waals surface area contributed by atoms with E-state index in [0.29, 0.717) is 0 Å². The quantitative estimate of drug-likeness (QED) is 0.284. The van der Waals surface area contributed by atoms with Crippen molar-refractivity contribution < 1.29 is 26.5 Å². The fourth-order valence-corrected chi connectivity index (χ4v) is 9.53. The molecule has 3 rings (SSSR count). The van der Waals surface area contributed by atoms with Gasteiger partial charge in [-0.2, -0.15) is 0 Å². The molecule has 0 saturated heterocycles. The molecule has 152 valence electrons. The first-order valence-electron chi connectivity index (χ1n) is 9.28. The molecule has 0 amide bonds. The lowest BCUT2D eigenvalue weighted by molar-refractivity contribution is -0.152. The molecule has 1 unspecified atom stereocenters. The first-order valence-corrected chi connectivity index (χ1v) is 12.1. The summed E-state index contributed by atoms with van der Waals surface area (Å²) < 4.78 is 5.32. The average molecular weight is 536 g/mol. The fraction of sp³-hybridized carbons (Fsp3) is 0.208. The standard InChI is InChI=1S/C24H25BrO2P.BrH/c1-24(2,3)27-23(26)22(25)28(19-13-7-4-8-14-19,20-15-9-5-10-16-20)21-17-11-6-12-18-21;/h4-18,22H,1-3H3;1H/q+1;/p-1. The van der Waals surface area contributed by atoms with Gasteiger partial charge in [-0.05, 0) is 73.1 Å². The van der Waals surface area contributed by atoms with Gasteiger partial charge in [-0.15, -0.1) is 0 Å². The van der Waals surface area contributed by atoms with Crippen molar-refractivity contribution in [3.8, 4) is 0 Å². The number of carbonyl (C=O) groups is 1. The Labute approximate surface area is 192 Å². The van der Waals surface area contributed by atoms with Crippen LogP contribution in [0.1, 0.15) is 20.8 Å². The van der Waals surface area contributed by atoms with Crippen molar-refractivity contribution in [3.63, 3.8) is 0 Å². The van der Waals surface area contributed by atoms with E-state index in [4.69, 9.17) is 4.74 Å². The first-order chi connectivity index (χ1) is 13.4. The highest BCUT2D eigenvalue weighted by atomic mass is 79.9. The normalized spacial score (nSPS) is 12.6. The average Bonchev–Trinajstić information content (AvgIpc) is 2.70. The van der Waals surface area contributed by atoms with Gasteiger partial charge in [0.2, 0.25) is 4.57 Å². The summed E-state index contributed by atoms with van der Waals surface area (Å²) in [4.78, 5) is 13.3. The number of rotatable bonds is 5. The lowest BCUT2D eigenvalue weighted by Crippen LogP contribution is -3.00. The molecule has 0 spiro atoms. The van der Waals surface area contributed by atoms with Gasteiger partial charge in [0.05, 0.1) is 0 Å². The summed E-state index contributed by atoms with van der Waals surface area (Å²) in [6.07, 6.45) is 0. The summed E-state index contributed by atoms with van der Waals surface area (Å²) in [6, 6.07) is 30.9. The van der Waals surface area contributed by atoms with E-state index in [2.05, 4.69) is 52.3 Å². The van der Waals surface area contributed by atoms with E-state index in [0.717, 1.165) is 15.9 Å². The molecule has 5 heteroatoms. The van der Waals surface area contributed by atoms with Crippen LogP contribution in [0.5, 0.6) is 0 Å². The number of esters is 1. The number of benzene rings is 3. The highest BCUT2D eigenvalue weighted by molar-refractivity contribution is 9.11. The van der Waals surface area contributed by atoms with Gasteiger partial charge in [0.1, 0.15) is 28.8 Å². The van der Waals surface area contributed by atoms with Crippen molar-refractivity contribution in [1.82, 2.24) is 0 Å². The largest absolute Gasteiger partial charge is 1.00 e. The minimum absolute atomic E-state index is 0. The van der Waals surface area contributed by atoms with Gasteiger partial charge in [-0.25, -0.2) is 4.79 Å². The van der Waals surface area contributed by atoms with Crippen LogP contribution in [0, 0.1) is 0 Å². The first kappa shape index (κ1) is 23.8. The molecule has 29 heavy (non-hydrogen) atoms. The SMILES string of the molecule is CC(C)(C)OC(=O)C(Br)[P+](c1ccccc1)(c1ccccc1)c1ccccc1.[Br-]. The molecule has 0 aromatic heterocycles. The summed E-state index contributed by atoms with van der Waals surface area (Å²) in [5, 5.41) is 3.42. The van der Waals surface area contributed by atoms with Crippen LogP contribution in [0.25, 0.3) is 0 Å². The topological polar surface area (TPSA) is 26.3 Å². The van der Waals surface area contributed by atoms with Crippen molar-refractivity contribution in [2.24, 2.45) is 0 Å². The molecule has 3 aromatic carbocycles. The molecule has 0 N–H and O–H groups in total. The highest BCUT2D eigenvalue weighted by Gasteiger charge is 2.56. The zero-order valence-corrected chi connectivity index (χ0v) is 20.8. The monoisotopic (exact) mass is 534 g/mol. The zero-order chi connectivity index (χ0) is 20.2. The van der Waals surface area contributed by atoms with Gasteiger partial charge < -0.3 is 21.7 Å². The molecule has 0 aliphatic heterocycles. The smallest absolute Gasteiger partial charge is 0.360 e. The molecule has 0 fully saturated rings. The lowest BCUT2D eigenvalue weighted by Gasteiger charge is -2.32. The predicted molar refractivity (Wildman–Crippen MR) is 124 cm³/mol. The summed E-state index contributed by atoms with van der Waals surface area (Å²) in [5.41, 5.74) is -0.553. The highest BCUT2D eigenvalue weighted by Crippen LogP contribution is 2.62. The van der Waals surface area contributed by atoms with Crippen LogP contribution in [0.3, 0.4) is 0 Å². The van der Waals surface area contributed by atoms with Gasteiger partial charge in [0.15, 0.2) is 0 Å². The number of alkyl halides is 1. The van der Waals surface area contributed by atoms with E-state index in [1.54, 1.807) is 0 Å². The van der Waals surface area contributed by atoms with E-state index in [1.165, 1.54) is 0 Å². The summed E-state index contributed by atoms with van der Waals surface area (Å²) in [6.45, 7) is 5.70. The maximum atomic E-state index is 13.3. The van der Waals surface area contributed by atoms with Crippen LogP contribution in [0.2, 0.25) is 0 Å². The van der Waals surface area contributed by atoms with E-state index in [1.807, 2.05) is 75.4 Å². The lowest BCUT2D eigenvalue weighted by atomic mass is 10.2. The third-order valence-corrected chi connectivity index (χ3v) is 10.9. The second kappa shape index (κ2) is 10.0. The van der Waals surface area contributed by atoms with Crippen LogP contribution >= 0.6 is 23.2 Å². The molecule has 2 nitrogen and oxygen atoms in total. The van der Waals surface area contributed by atoms with E-state index in [9.17, 15) is 4.79 Å². The van der Waals surface area contributed by atoms with Crippen molar-refractivity contribution in [3.05, 3.63) is 91.0 Å². The van der Waals surface area contributed by atoms with Gasteiger partial charge in [-0.1, -0.05) is 54.6 Å². The Bertz CT molecular complexity index is 813. The van der Waals surface area contributed by atoms with Crippen molar-refractivity contribution in [1.29, 1.82) is 0 Å². The molecule has 0 bridgehead atoms. The van der Waals surface area contributed by atoms with Crippen LogP contribution < -0.4 is 32.9 Å². The molecule has 0 aliphatic rings. The van der Waals surface area contributed by atoms with Gasteiger partial charge in [0.25, 0.3) is 0 Å². The second-order valence-electron chi connectivity index (χ2n) is 7.60. The molecule has 0 heterocycles. The Morgan fingerprint density at radius 3 is 1.34 bits per heavy atom. The van der Waals surface area contributed by atoms with Gasteiger partial charge in [-0.3, -0.25) is 0 Å². The Balaban J connectivity index is 0.00000300. The summed E-state index contributed by atoms with van der Waals surface area (Å²) in [5.74, 6) is -0.239. The van der Waals surface area contributed by atoms with Crippen LogP contribution in [0.15, 0.2) is 91.0 Å². The molecule has 0 saturated carbocycles. The number of halogens is 2. The maximum absolute atomic E-state index is 13.3. The van der Waals surface area contributed by atoms with Gasteiger partial charge >= 0.3 is 5.97 Å². The van der Waals surface area contributed by atoms with Gasteiger partial charge in [0, 0.05) is 0 Å². The predicted octanol–water partition coefficient (Wildman–Crippen LogP) is 2.05. The Morgan fingerprint density at radius 2 is 1.07 bits per heavy atom. The minimum atomic E-state index is -2.34. The fourth-order valence-electron chi connectivity index (χ4n) is 3.34. The van der Waals surface area contributed by atoms with E-state index in [-0.39, 0.29) is 23.0 Å². The van der Waals surface area contributed by atoms with Crippen molar-refractivity contribution in [2.45, 2.75) is 30.9 Å². The van der Waals surface area contributed by atoms with E-state index < -0.39 is 17.4 Å². The molecular weight excluding hydrogens is 511 g/mol. The number of hydrogen-bond acceptors (Lipinski definition) is 2. The maximum Gasteiger partial charge on any atom is 0.360 e. The van der Waals surface area contributed by atoms with Crippen LogP contribution in [0.4, 0.5) is 0 Å². The minimum Gasteiger partial charge on any atom is -1.00 e. The van der Waals surface area contributed by atoms with Crippen LogP contribution in [-0.4, -0.2) is 16.1 Å². The molecular formula is C24H25Br2O2P. The number of hydrogen-bond donors (Lipinski definition) is 0. The van der Waals surface area contributed by atoms with Crippen LogP contribution in [-0.2, 0) is 9.53 Å². The van der Waals surface area contributed by atoms with E-state index >= 15 is 0 Å². The van der Waals surface area contributed by atoms with Crippen molar-refractivity contribution in [2.75, 3.05) is 0 Å². The Hall–Kier alpha value is -1.48. The molecule has 3 aromatic rings.